The van der Waals surface area contributed by atoms with E-state index in [1.807, 2.05) is 0 Å². The Morgan fingerprint density at radius 2 is 2.20 bits per heavy atom. The molecule has 0 saturated carbocycles. The maximum Gasteiger partial charge on any atom is 0.327 e. The molecule has 1 atom stereocenters. The molecule has 0 aliphatic carbocycles. The van der Waals surface area contributed by atoms with Gasteiger partial charge in [0, 0.05) is 0 Å². The first-order valence-electron chi connectivity index (χ1n) is 2.70. The van der Waals surface area contributed by atoms with Crippen molar-refractivity contribution in [3.63, 3.8) is 0 Å². The first-order chi connectivity index (χ1) is 4.57. The Bertz CT molecular complexity index is 146. The average Bonchev–Trinajstić information content (AvgIpc) is 1.87. The van der Waals surface area contributed by atoms with Crippen LogP contribution in [0.3, 0.4) is 0 Å². The van der Waals surface area contributed by atoms with Crippen molar-refractivity contribution >= 4 is 24.6 Å². The summed E-state index contributed by atoms with van der Waals surface area (Å²) >= 11 is 3.74. The van der Waals surface area contributed by atoms with Gasteiger partial charge in [0.05, 0.1) is 11.8 Å². The van der Waals surface area contributed by atoms with Crippen LogP contribution in [0.2, 0.25) is 0 Å². The number of carbonyl (C=O) groups is 2. The number of hydrogen-bond donors (Lipinski definition) is 2. The van der Waals surface area contributed by atoms with Gasteiger partial charge in [-0.25, -0.2) is 0 Å². The van der Waals surface area contributed by atoms with E-state index in [0.717, 1.165) is 0 Å². The molecule has 1 unspecified atom stereocenters. The summed E-state index contributed by atoms with van der Waals surface area (Å²) in [6.07, 6.45) is 0. The lowest BCUT2D eigenvalue weighted by Crippen LogP contribution is -2.24. The molecule has 10 heavy (non-hydrogen) atoms. The van der Waals surface area contributed by atoms with E-state index < -0.39 is 17.2 Å². The third kappa shape index (κ3) is 3.47. The van der Waals surface area contributed by atoms with Crippen LogP contribution >= 0.6 is 12.6 Å². The summed E-state index contributed by atoms with van der Waals surface area (Å²) < 4.78 is 4.18. The minimum atomic E-state index is -0.731. The largest absolute Gasteiger partial charge is 0.391 e. The van der Waals surface area contributed by atoms with Gasteiger partial charge >= 0.3 is 11.9 Å². The Kier molecular flexibility index (Phi) is 4.06. The van der Waals surface area contributed by atoms with Gasteiger partial charge in [-0.15, -0.1) is 0 Å². The van der Waals surface area contributed by atoms with E-state index >= 15 is 0 Å². The molecular formula is C5H9NO3S. The molecule has 0 heterocycles. The molecule has 0 spiro atoms. The van der Waals surface area contributed by atoms with Crippen LogP contribution in [0.25, 0.3) is 0 Å². The van der Waals surface area contributed by atoms with Crippen molar-refractivity contribution in [3.8, 4) is 0 Å². The van der Waals surface area contributed by atoms with Crippen LogP contribution in [-0.4, -0.2) is 23.7 Å². The molecule has 0 aromatic heterocycles. The summed E-state index contributed by atoms with van der Waals surface area (Å²) in [6.45, 7) is 1.22. The Labute approximate surface area is 64.1 Å². The summed E-state index contributed by atoms with van der Waals surface area (Å²) in [5.74, 6) is -1.40. The number of esters is 2. The molecule has 0 amide bonds. The summed E-state index contributed by atoms with van der Waals surface area (Å²) in [6, 6.07) is 0. The molecule has 0 rings (SSSR count). The molecule has 0 aliphatic rings. The second-order valence-electron chi connectivity index (χ2n) is 1.67. The monoisotopic (exact) mass is 163 g/mol. The number of nitrogens with two attached hydrogens (primary N) is 1. The van der Waals surface area contributed by atoms with E-state index in [4.69, 9.17) is 5.73 Å². The smallest absolute Gasteiger partial charge is 0.327 e. The van der Waals surface area contributed by atoms with Crippen LogP contribution in [0.5, 0.6) is 0 Å². The van der Waals surface area contributed by atoms with Gasteiger partial charge in [-0.3, -0.25) is 9.59 Å². The van der Waals surface area contributed by atoms with Crippen LogP contribution in [-0.2, 0) is 14.3 Å². The third-order valence-corrected chi connectivity index (χ3v) is 0.933. The summed E-state index contributed by atoms with van der Waals surface area (Å²) in [4.78, 5) is 20.9. The normalized spacial score (nSPS) is 12.3. The van der Waals surface area contributed by atoms with E-state index in [1.54, 1.807) is 0 Å². The topological polar surface area (TPSA) is 69.4 Å². The quantitative estimate of drug-likeness (QED) is 0.322. The highest BCUT2D eigenvalue weighted by Crippen LogP contribution is 1.95. The fourth-order valence-electron chi connectivity index (χ4n) is 0.239. The highest BCUT2D eigenvalue weighted by molar-refractivity contribution is 7.81. The third-order valence-electron chi connectivity index (χ3n) is 0.722. The molecule has 4 nitrogen and oxygen atoms in total. The molecule has 5 heteroatoms. The van der Waals surface area contributed by atoms with E-state index in [1.165, 1.54) is 6.92 Å². The van der Waals surface area contributed by atoms with Gasteiger partial charge in [0.1, 0.15) is 0 Å². The zero-order valence-electron chi connectivity index (χ0n) is 5.53. The predicted molar refractivity (Wildman–Crippen MR) is 38.6 cm³/mol. The summed E-state index contributed by atoms with van der Waals surface area (Å²) in [7, 11) is 0. The minimum absolute atomic E-state index is 0.285. The molecule has 0 aromatic rings. The van der Waals surface area contributed by atoms with Crippen LogP contribution < -0.4 is 5.73 Å². The van der Waals surface area contributed by atoms with E-state index in [0.29, 0.717) is 0 Å². The molecule has 0 bridgehead atoms. The first kappa shape index (κ1) is 9.45. The Morgan fingerprint density at radius 3 is 2.50 bits per heavy atom. The van der Waals surface area contributed by atoms with E-state index in [2.05, 4.69) is 17.4 Å². The fourth-order valence-corrected chi connectivity index (χ4v) is 0.292. The predicted octanol–water partition coefficient (Wildman–Crippen LogP) is -0.667. The van der Waals surface area contributed by atoms with Crippen molar-refractivity contribution in [1.29, 1.82) is 0 Å². The van der Waals surface area contributed by atoms with Crippen molar-refractivity contribution in [3.05, 3.63) is 0 Å². The SMILES string of the molecule is CC(S)C(=O)OC(=O)CN. The van der Waals surface area contributed by atoms with Crippen molar-refractivity contribution < 1.29 is 14.3 Å². The zero-order chi connectivity index (χ0) is 8.15. The van der Waals surface area contributed by atoms with Gasteiger partial charge in [0.25, 0.3) is 0 Å². The molecule has 58 valence electrons. The van der Waals surface area contributed by atoms with Crippen LogP contribution in [0, 0.1) is 0 Å². The Balaban J connectivity index is 3.69. The number of thiol groups is 1. The Morgan fingerprint density at radius 1 is 1.70 bits per heavy atom. The Hall–Kier alpha value is -0.550. The van der Waals surface area contributed by atoms with Crippen molar-refractivity contribution in [2.45, 2.75) is 12.2 Å². The van der Waals surface area contributed by atoms with E-state index in [9.17, 15) is 9.59 Å². The van der Waals surface area contributed by atoms with Crippen LogP contribution in [0.1, 0.15) is 6.92 Å². The average molecular weight is 163 g/mol. The molecule has 0 fully saturated rings. The van der Waals surface area contributed by atoms with Gasteiger partial charge < -0.3 is 10.5 Å². The van der Waals surface area contributed by atoms with Gasteiger partial charge in [0.15, 0.2) is 0 Å². The maximum atomic E-state index is 10.5. The van der Waals surface area contributed by atoms with Gasteiger partial charge in [-0.1, -0.05) is 0 Å². The minimum Gasteiger partial charge on any atom is -0.391 e. The standard InChI is InChI=1S/C5H9NO3S/c1-3(10)5(8)9-4(7)2-6/h3,10H,2,6H2,1H3. The lowest BCUT2D eigenvalue weighted by molar-refractivity contribution is -0.157. The molecule has 0 aliphatic heterocycles. The zero-order valence-corrected chi connectivity index (χ0v) is 6.43. The molecule has 0 saturated heterocycles. The second-order valence-corrected chi connectivity index (χ2v) is 2.45. The molecule has 0 aromatic carbocycles. The number of rotatable bonds is 2. The molecular weight excluding hydrogens is 154 g/mol. The van der Waals surface area contributed by atoms with Gasteiger partial charge in [-0.2, -0.15) is 12.6 Å². The van der Waals surface area contributed by atoms with Crippen molar-refractivity contribution in [1.82, 2.24) is 0 Å². The van der Waals surface area contributed by atoms with E-state index in [-0.39, 0.29) is 6.54 Å². The first-order valence-corrected chi connectivity index (χ1v) is 3.22. The second kappa shape index (κ2) is 4.29. The highest BCUT2D eigenvalue weighted by atomic mass is 32.1. The van der Waals surface area contributed by atoms with Crippen molar-refractivity contribution in [2.24, 2.45) is 5.73 Å². The molecule has 2 N–H and O–H groups in total. The summed E-state index contributed by atoms with van der Waals surface area (Å²) in [5, 5.41) is -0.588. The van der Waals surface area contributed by atoms with Crippen molar-refractivity contribution in [2.75, 3.05) is 6.54 Å². The maximum absolute atomic E-state index is 10.5. The highest BCUT2D eigenvalue weighted by Gasteiger charge is 2.12. The van der Waals surface area contributed by atoms with Crippen LogP contribution in [0.4, 0.5) is 0 Å². The number of ether oxygens (including phenoxy) is 1. The van der Waals surface area contributed by atoms with Crippen LogP contribution in [0.15, 0.2) is 0 Å². The summed E-state index contributed by atoms with van der Waals surface area (Å²) in [5.41, 5.74) is 4.87. The van der Waals surface area contributed by atoms with Gasteiger partial charge in [-0.05, 0) is 6.92 Å². The number of hydrogen-bond acceptors (Lipinski definition) is 5. The lowest BCUT2D eigenvalue weighted by Gasteiger charge is -2.01. The fraction of sp³-hybridized carbons (Fsp3) is 0.600. The number of carbonyl (C=O) groups excluding carboxylic acids is 2. The van der Waals surface area contributed by atoms with Gasteiger partial charge in [0.2, 0.25) is 0 Å². The molecule has 0 radical (unpaired) electrons. The lowest BCUT2D eigenvalue weighted by atomic mass is 10.5.